The molecule has 2 N–H and O–H groups in total. The Kier molecular flexibility index (Phi) is 4.59. The fourth-order valence-corrected chi connectivity index (χ4v) is 3.33. The van der Waals surface area contributed by atoms with Gasteiger partial charge in [0.15, 0.2) is 16.8 Å². The number of rotatable bonds is 3. The Hall–Kier alpha value is -2.48. The SMILES string of the molecule is CCC1OC(Oc2ccc3nc4ccc(=O)cc-4oc3c2)C(C)C(O)C1O. The van der Waals surface area contributed by atoms with Crippen molar-refractivity contribution in [3.05, 3.63) is 46.6 Å². The third-order valence-corrected chi connectivity index (χ3v) is 4.99. The van der Waals surface area contributed by atoms with Gasteiger partial charge in [0.1, 0.15) is 23.1 Å². The summed E-state index contributed by atoms with van der Waals surface area (Å²) in [5.74, 6) is 0.480. The fourth-order valence-electron chi connectivity index (χ4n) is 3.33. The third-order valence-electron chi connectivity index (χ3n) is 4.99. The molecule has 1 aromatic carbocycles. The van der Waals surface area contributed by atoms with Gasteiger partial charge in [0.25, 0.3) is 0 Å². The van der Waals surface area contributed by atoms with Crippen molar-refractivity contribution in [3.8, 4) is 17.2 Å². The molecule has 2 aliphatic heterocycles. The second kappa shape index (κ2) is 6.92. The second-order valence-corrected chi connectivity index (χ2v) is 6.88. The zero-order chi connectivity index (χ0) is 19.1. The number of nitrogens with zero attached hydrogens (tertiary/aromatic N) is 1. The Morgan fingerprint density at radius 3 is 2.74 bits per heavy atom. The Labute approximate surface area is 155 Å². The summed E-state index contributed by atoms with van der Waals surface area (Å²) in [4.78, 5) is 16.0. The van der Waals surface area contributed by atoms with Gasteiger partial charge in [-0.1, -0.05) is 13.8 Å². The first-order chi connectivity index (χ1) is 13.0. The van der Waals surface area contributed by atoms with Crippen LogP contribution in [0.3, 0.4) is 0 Å². The van der Waals surface area contributed by atoms with Crippen molar-refractivity contribution in [2.75, 3.05) is 0 Å². The van der Waals surface area contributed by atoms with Crippen molar-refractivity contribution in [2.24, 2.45) is 5.92 Å². The topological polar surface area (TPSA) is 102 Å². The predicted molar refractivity (Wildman–Crippen MR) is 97.7 cm³/mol. The minimum atomic E-state index is -0.937. The average Bonchev–Trinajstić information content (AvgIpc) is 2.66. The maximum Gasteiger partial charge on any atom is 0.205 e. The van der Waals surface area contributed by atoms with Crippen LogP contribution >= 0.6 is 0 Å². The highest BCUT2D eigenvalue weighted by molar-refractivity contribution is 5.77. The van der Waals surface area contributed by atoms with Gasteiger partial charge >= 0.3 is 0 Å². The van der Waals surface area contributed by atoms with Crippen LogP contribution in [0.15, 0.2) is 45.6 Å². The first-order valence-electron chi connectivity index (χ1n) is 8.99. The monoisotopic (exact) mass is 371 g/mol. The van der Waals surface area contributed by atoms with Crippen LogP contribution in [-0.2, 0) is 4.74 Å². The number of aromatic nitrogens is 1. The summed E-state index contributed by atoms with van der Waals surface area (Å²) >= 11 is 0. The summed E-state index contributed by atoms with van der Waals surface area (Å²) in [5.41, 5.74) is 1.56. The number of hydrogen-bond acceptors (Lipinski definition) is 7. The normalized spacial score (nSPS) is 28.5. The Bertz CT molecular complexity index is 984. The molecule has 2 heterocycles. The van der Waals surface area contributed by atoms with Crippen molar-refractivity contribution >= 4 is 11.1 Å². The Morgan fingerprint density at radius 2 is 1.96 bits per heavy atom. The van der Waals surface area contributed by atoms with E-state index in [0.717, 1.165) is 0 Å². The lowest BCUT2D eigenvalue weighted by molar-refractivity contribution is -0.250. The lowest BCUT2D eigenvalue weighted by Crippen LogP contribution is -2.54. The summed E-state index contributed by atoms with van der Waals surface area (Å²) in [6.45, 7) is 3.64. The molecule has 0 saturated carbocycles. The summed E-state index contributed by atoms with van der Waals surface area (Å²) < 4.78 is 17.5. The maximum atomic E-state index is 11.5. The molecular weight excluding hydrogens is 350 g/mol. The molecule has 27 heavy (non-hydrogen) atoms. The van der Waals surface area contributed by atoms with E-state index >= 15 is 0 Å². The van der Waals surface area contributed by atoms with Crippen molar-refractivity contribution in [1.29, 1.82) is 0 Å². The molecule has 4 rings (SSSR count). The van der Waals surface area contributed by atoms with Crippen LogP contribution in [0.5, 0.6) is 5.75 Å². The number of benzene rings is 2. The number of ether oxygens (including phenoxy) is 2. The van der Waals surface area contributed by atoms with Crippen LogP contribution in [0.25, 0.3) is 22.6 Å². The summed E-state index contributed by atoms with van der Waals surface area (Å²) in [5, 5.41) is 20.3. The zero-order valence-electron chi connectivity index (χ0n) is 15.0. The fraction of sp³-hybridized carbons (Fsp3) is 0.400. The lowest BCUT2D eigenvalue weighted by atomic mass is 9.91. The molecule has 1 saturated heterocycles. The van der Waals surface area contributed by atoms with Gasteiger partial charge in [-0.25, -0.2) is 4.98 Å². The van der Waals surface area contributed by atoms with Gasteiger partial charge in [-0.05, 0) is 30.7 Å². The molecule has 5 atom stereocenters. The molecule has 0 bridgehead atoms. The van der Waals surface area contributed by atoms with Crippen LogP contribution in [0.4, 0.5) is 0 Å². The minimum absolute atomic E-state index is 0.151. The van der Waals surface area contributed by atoms with Gasteiger partial charge in [-0.3, -0.25) is 4.79 Å². The first-order valence-corrected chi connectivity index (χ1v) is 8.99. The molecular formula is C20H21NO6. The van der Waals surface area contributed by atoms with E-state index in [-0.39, 0.29) is 5.43 Å². The van der Waals surface area contributed by atoms with Gasteiger partial charge in [0, 0.05) is 18.1 Å². The molecule has 1 aromatic rings. The third kappa shape index (κ3) is 3.29. The van der Waals surface area contributed by atoms with Gasteiger partial charge < -0.3 is 24.1 Å². The van der Waals surface area contributed by atoms with Crippen LogP contribution in [0.1, 0.15) is 20.3 Å². The minimum Gasteiger partial charge on any atom is -0.464 e. The van der Waals surface area contributed by atoms with Crippen molar-refractivity contribution in [3.63, 3.8) is 0 Å². The standard InChI is InChI=1S/C20H21NO6/c1-3-15-19(24)18(23)10(2)20(27-15)25-12-5-7-14-17(9-12)26-16-8-11(22)4-6-13(16)21-14/h4-10,15,18-20,23-24H,3H2,1-2H3. The van der Waals surface area contributed by atoms with E-state index < -0.39 is 30.5 Å². The van der Waals surface area contributed by atoms with Gasteiger partial charge in [-0.15, -0.1) is 0 Å². The second-order valence-electron chi connectivity index (χ2n) is 6.88. The molecule has 142 valence electrons. The van der Waals surface area contributed by atoms with Crippen LogP contribution < -0.4 is 10.2 Å². The highest BCUT2D eigenvalue weighted by Gasteiger charge is 2.42. The van der Waals surface area contributed by atoms with E-state index in [1.54, 1.807) is 31.2 Å². The summed E-state index contributed by atoms with van der Waals surface area (Å²) in [7, 11) is 0. The largest absolute Gasteiger partial charge is 0.464 e. The first kappa shape index (κ1) is 17.9. The Balaban J connectivity index is 1.65. The molecule has 0 aromatic heterocycles. The van der Waals surface area contributed by atoms with Crippen LogP contribution in [0.2, 0.25) is 0 Å². The van der Waals surface area contributed by atoms with Crippen molar-refractivity contribution in [2.45, 2.75) is 44.9 Å². The molecule has 1 aliphatic carbocycles. The van der Waals surface area contributed by atoms with Crippen LogP contribution in [0, 0.1) is 5.92 Å². The van der Waals surface area contributed by atoms with E-state index in [4.69, 9.17) is 13.9 Å². The van der Waals surface area contributed by atoms with Crippen LogP contribution in [-0.4, -0.2) is 39.8 Å². The van der Waals surface area contributed by atoms with E-state index in [9.17, 15) is 15.0 Å². The molecule has 0 radical (unpaired) electrons. The van der Waals surface area contributed by atoms with Crippen molar-refractivity contribution in [1.82, 2.24) is 4.98 Å². The Morgan fingerprint density at radius 1 is 1.15 bits per heavy atom. The summed E-state index contributed by atoms with van der Waals surface area (Å²) in [6, 6.07) is 9.64. The van der Waals surface area contributed by atoms with E-state index in [0.29, 0.717) is 34.7 Å². The molecule has 3 aliphatic rings. The van der Waals surface area contributed by atoms with Gasteiger partial charge in [-0.2, -0.15) is 0 Å². The molecule has 1 fully saturated rings. The van der Waals surface area contributed by atoms with E-state index in [2.05, 4.69) is 4.98 Å². The van der Waals surface area contributed by atoms with Gasteiger partial charge in [0.2, 0.25) is 6.29 Å². The average molecular weight is 371 g/mol. The molecule has 0 spiro atoms. The van der Waals surface area contributed by atoms with Gasteiger partial charge in [0.05, 0.1) is 12.2 Å². The summed E-state index contributed by atoms with van der Waals surface area (Å²) in [6.07, 6.45) is -2.50. The lowest BCUT2D eigenvalue weighted by Gasteiger charge is -2.41. The van der Waals surface area contributed by atoms with E-state index in [1.165, 1.54) is 12.1 Å². The quantitative estimate of drug-likeness (QED) is 0.680. The maximum absolute atomic E-state index is 11.5. The molecule has 0 amide bonds. The van der Waals surface area contributed by atoms with Crippen molar-refractivity contribution < 1.29 is 24.1 Å². The smallest absolute Gasteiger partial charge is 0.205 e. The zero-order valence-corrected chi connectivity index (χ0v) is 15.0. The number of fused-ring (bicyclic) bond motifs is 2. The van der Waals surface area contributed by atoms with E-state index in [1.807, 2.05) is 6.92 Å². The highest BCUT2D eigenvalue weighted by Crippen LogP contribution is 2.31. The molecule has 5 unspecified atom stereocenters. The number of aliphatic hydroxyl groups excluding tert-OH is 2. The number of hydrogen-bond donors (Lipinski definition) is 2. The number of aliphatic hydroxyl groups is 2. The predicted octanol–water partition coefficient (Wildman–Crippen LogP) is 2.16. The molecule has 7 heteroatoms. The molecule has 7 nitrogen and oxygen atoms in total. The highest BCUT2D eigenvalue weighted by atomic mass is 16.7.